The van der Waals surface area contributed by atoms with E-state index in [1.807, 2.05) is 12.1 Å². The van der Waals surface area contributed by atoms with Crippen molar-refractivity contribution >= 4 is 5.91 Å². The fourth-order valence-corrected chi connectivity index (χ4v) is 3.47. The molecule has 1 fully saturated rings. The van der Waals surface area contributed by atoms with E-state index in [0.717, 1.165) is 38.0 Å². The molecule has 3 aromatic rings. The van der Waals surface area contributed by atoms with Crippen molar-refractivity contribution in [2.45, 2.75) is 44.9 Å². The molecule has 30 heavy (non-hydrogen) atoms. The number of aliphatic hydroxyl groups is 1. The number of hydrogen-bond acceptors (Lipinski definition) is 7. The van der Waals surface area contributed by atoms with Gasteiger partial charge < -0.3 is 19.4 Å². The van der Waals surface area contributed by atoms with Gasteiger partial charge in [-0.2, -0.15) is 4.98 Å². The number of hydrogen-bond donors (Lipinski definition) is 2. The summed E-state index contributed by atoms with van der Waals surface area (Å²) in [6, 6.07) is 11.8. The predicted molar refractivity (Wildman–Crippen MR) is 109 cm³/mol. The van der Waals surface area contributed by atoms with E-state index in [2.05, 4.69) is 32.5 Å². The number of nitrogens with one attached hydrogen (secondary N) is 1. The van der Waals surface area contributed by atoms with Crippen LogP contribution in [0.1, 0.15) is 36.3 Å². The summed E-state index contributed by atoms with van der Waals surface area (Å²) in [6.07, 6.45) is 3.74. The van der Waals surface area contributed by atoms with E-state index < -0.39 is 0 Å². The van der Waals surface area contributed by atoms with Gasteiger partial charge in [-0.15, -0.1) is 0 Å². The molecular weight excluding hydrogens is 384 g/mol. The minimum Gasteiger partial charge on any atom is -0.461 e. The number of benzene rings is 1. The number of carbonyl (C=O) groups excluding carboxylic acids is 1. The molecule has 1 saturated heterocycles. The molecule has 2 aromatic heterocycles. The lowest BCUT2D eigenvalue weighted by molar-refractivity contribution is -0.121. The Bertz CT molecular complexity index is 928. The summed E-state index contributed by atoms with van der Waals surface area (Å²) >= 11 is 0. The average Bonchev–Trinajstić information content (AvgIpc) is 3.45. The van der Waals surface area contributed by atoms with Crippen LogP contribution in [0.2, 0.25) is 0 Å². The maximum absolute atomic E-state index is 12.1. The molecule has 0 unspecified atom stereocenters. The molecule has 3 heterocycles. The first kappa shape index (κ1) is 20.3. The Morgan fingerprint density at radius 1 is 1.17 bits per heavy atom. The Morgan fingerprint density at radius 2 is 1.93 bits per heavy atom. The minimum absolute atomic E-state index is 0.0660. The number of carbonyl (C=O) groups is 1. The molecule has 8 heteroatoms. The number of piperidine rings is 1. The van der Waals surface area contributed by atoms with Gasteiger partial charge in [0.15, 0.2) is 5.76 Å². The lowest BCUT2D eigenvalue weighted by Gasteiger charge is -2.29. The van der Waals surface area contributed by atoms with E-state index in [1.54, 1.807) is 18.4 Å². The summed E-state index contributed by atoms with van der Waals surface area (Å²) in [6.45, 7) is 3.24. The second kappa shape index (κ2) is 9.69. The molecule has 0 radical (unpaired) electrons. The van der Waals surface area contributed by atoms with E-state index in [1.165, 1.54) is 5.56 Å². The standard InChI is InChI=1S/C22H26N4O4/c27-18-9-11-26(12-10-18)15-17-5-3-16(4-6-17)14-23-20(28)7-8-21-24-22(25-30-21)19-2-1-13-29-19/h1-6,13,18,27H,7-12,14-15H2,(H,23,28). The molecule has 0 saturated carbocycles. The van der Waals surface area contributed by atoms with E-state index in [0.29, 0.717) is 30.4 Å². The highest BCUT2D eigenvalue weighted by atomic mass is 16.5. The second-order valence-electron chi connectivity index (χ2n) is 7.59. The fraction of sp³-hybridized carbons (Fsp3) is 0.409. The second-order valence-corrected chi connectivity index (χ2v) is 7.59. The van der Waals surface area contributed by atoms with Crippen LogP contribution in [0.25, 0.3) is 11.6 Å². The van der Waals surface area contributed by atoms with Crippen LogP contribution in [0.4, 0.5) is 0 Å². The Labute approximate surface area is 174 Å². The quantitative estimate of drug-likeness (QED) is 0.588. The number of aromatic nitrogens is 2. The van der Waals surface area contributed by atoms with Gasteiger partial charge in [-0.3, -0.25) is 9.69 Å². The van der Waals surface area contributed by atoms with Crippen molar-refractivity contribution in [3.63, 3.8) is 0 Å². The van der Waals surface area contributed by atoms with Gasteiger partial charge >= 0.3 is 0 Å². The molecule has 2 N–H and O–H groups in total. The minimum atomic E-state index is -0.148. The number of likely N-dealkylation sites (tertiary alicyclic amines) is 1. The van der Waals surface area contributed by atoms with Crippen molar-refractivity contribution in [3.05, 3.63) is 59.7 Å². The normalized spacial score (nSPS) is 15.4. The van der Waals surface area contributed by atoms with Gasteiger partial charge in [0, 0.05) is 39.0 Å². The Hall–Kier alpha value is -2.97. The van der Waals surface area contributed by atoms with Crippen molar-refractivity contribution in [2.75, 3.05) is 13.1 Å². The molecule has 0 spiro atoms. The molecule has 0 aliphatic carbocycles. The molecule has 0 bridgehead atoms. The Morgan fingerprint density at radius 3 is 2.67 bits per heavy atom. The number of aryl methyl sites for hydroxylation is 1. The average molecular weight is 410 g/mol. The first-order valence-corrected chi connectivity index (χ1v) is 10.3. The van der Waals surface area contributed by atoms with E-state index in [-0.39, 0.29) is 18.4 Å². The Balaban J connectivity index is 1.18. The molecule has 8 nitrogen and oxygen atoms in total. The van der Waals surface area contributed by atoms with Gasteiger partial charge in [-0.05, 0) is 36.1 Å². The van der Waals surface area contributed by atoms with Gasteiger partial charge in [0.05, 0.1) is 12.4 Å². The molecule has 1 amide bonds. The third-order valence-corrected chi connectivity index (χ3v) is 5.25. The molecule has 1 aromatic carbocycles. The van der Waals surface area contributed by atoms with Crippen LogP contribution >= 0.6 is 0 Å². The summed E-state index contributed by atoms with van der Waals surface area (Å²) in [5, 5.41) is 16.4. The van der Waals surface area contributed by atoms with E-state index >= 15 is 0 Å². The lowest BCUT2D eigenvalue weighted by Crippen LogP contribution is -2.35. The van der Waals surface area contributed by atoms with Crippen LogP contribution in [0.3, 0.4) is 0 Å². The van der Waals surface area contributed by atoms with Crippen molar-refractivity contribution in [3.8, 4) is 11.6 Å². The zero-order valence-corrected chi connectivity index (χ0v) is 16.8. The summed E-state index contributed by atoms with van der Waals surface area (Å²) in [5.74, 6) is 1.27. The van der Waals surface area contributed by atoms with Gasteiger partial charge in [0.25, 0.3) is 0 Å². The van der Waals surface area contributed by atoms with Gasteiger partial charge in [-0.1, -0.05) is 29.4 Å². The van der Waals surface area contributed by atoms with Crippen LogP contribution in [0, 0.1) is 0 Å². The molecule has 1 aliphatic rings. The zero-order valence-electron chi connectivity index (χ0n) is 16.8. The van der Waals surface area contributed by atoms with Crippen LogP contribution in [-0.4, -0.2) is 45.2 Å². The van der Waals surface area contributed by atoms with Crippen molar-refractivity contribution in [1.82, 2.24) is 20.4 Å². The summed E-state index contributed by atoms with van der Waals surface area (Å²) < 4.78 is 10.4. The van der Waals surface area contributed by atoms with Gasteiger partial charge in [0.2, 0.25) is 17.6 Å². The van der Waals surface area contributed by atoms with Gasteiger partial charge in [-0.25, -0.2) is 0 Å². The van der Waals surface area contributed by atoms with Crippen molar-refractivity contribution < 1.29 is 18.8 Å². The topological polar surface area (TPSA) is 105 Å². The molecular formula is C22H26N4O4. The third kappa shape index (κ3) is 5.55. The van der Waals surface area contributed by atoms with Crippen LogP contribution in [0.15, 0.2) is 51.6 Å². The van der Waals surface area contributed by atoms with Crippen LogP contribution in [-0.2, 0) is 24.3 Å². The summed E-state index contributed by atoms with van der Waals surface area (Å²) in [7, 11) is 0. The lowest BCUT2D eigenvalue weighted by atomic mass is 10.1. The summed E-state index contributed by atoms with van der Waals surface area (Å²) in [5.41, 5.74) is 2.30. The third-order valence-electron chi connectivity index (χ3n) is 5.25. The number of furan rings is 1. The number of amides is 1. The molecule has 4 rings (SSSR count). The summed E-state index contributed by atoms with van der Waals surface area (Å²) in [4.78, 5) is 18.7. The molecule has 158 valence electrons. The number of nitrogens with zero attached hydrogens (tertiary/aromatic N) is 3. The van der Waals surface area contributed by atoms with Crippen LogP contribution in [0.5, 0.6) is 0 Å². The van der Waals surface area contributed by atoms with Gasteiger partial charge in [0.1, 0.15) is 0 Å². The predicted octanol–water partition coefficient (Wildman–Crippen LogP) is 2.54. The van der Waals surface area contributed by atoms with E-state index in [4.69, 9.17) is 8.94 Å². The molecule has 0 atom stereocenters. The smallest absolute Gasteiger partial charge is 0.238 e. The maximum atomic E-state index is 12.1. The maximum Gasteiger partial charge on any atom is 0.238 e. The zero-order chi connectivity index (χ0) is 20.8. The largest absolute Gasteiger partial charge is 0.461 e. The highest BCUT2D eigenvalue weighted by Gasteiger charge is 2.17. The van der Waals surface area contributed by atoms with Crippen molar-refractivity contribution in [2.24, 2.45) is 0 Å². The number of rotatable bonds is 8. The SMILES string of the molecule is O=C(CCc1nc(-c2ccco2)no1)NCc1ccc(CN2CCC(O)CC2)cc1. The number of aliphatic hydroxyl groups excluding tert-OH is 1. The van der Waals surface area contributed by atoms with E-state index in [9.17, 15) is 9.90 Å². The molecule has 1 aliphatic heterocycles. The monoisotopic (exact) mass is 410 g/mol. The first-order chi connectivity index (χ1) is 14.7. The highest BCUT2D eigenvalue weighted by Crippen LogP contribution is 2.16. The van der Waals surface area contributed by atoms with Crippen LogP contribution < -0.4 is 5.32 Å². The Kier molecular flexibility index (Phi) is 6.56. The fourth-order valence-electron chi connectivity index (χ4n) is 3.47. The highest BCUT2D eigenvalue weighted by molar-refractivity contribution is 5.76. The first-order valence-electron chi connectivity index (χ1n) is 10.3. The van der Waals surface area contributed by atoms with Crippen molar-refractivity contribution in [1.29, 1.82) is 0 Å².